The number of oxime groups is 1. The highest BCUT2D eigenvalue weighted by molar-refractivity contribution is 7.98. The monoisotopic (exact) mass is 513 g/mol. The Labute approximate surface area is 224 Å². The molecule has 7 heteroatoms. The van der Waals surface area contributed by atoms with Crippen LogP contribution in [0.25, 0.3) is 5.69 Å². The molecule has 0 bridgehead atoms. The molecule has 0 aliphatic rings. The van der Waals surface area contributed by atoms with Crippen molar-refractivity contribution in [2.24, 2.45) is 10.9 Å². The van der Waals surface area contributed by atoms with Crippen LogP contribution in [0.5, 0.6) is 0 Å². The molecular weight excluding hydrogens is 478 g/mol. The number of thioether (sulfide) groups is 1. The van der Waals surface area contributed by atoms with E-state index in [1.165, 1.54) is 11.1 Å². The van der Waals surface area contributed by atoms with E-state index >= 15 is 0 Å². The number of amidine groups is 1. The summed E-state index contributed by atoms with van der Waals surface area (Å²) in [5.74, 6) is 1.11. The van der Waals surface area contributed by atoms with Gasteiger partial charge >= 0.3 is 0 Å². The standard InChI is InChI=1S/C30H35N5OS/c1-6-36-34-29(31)25-16-17-28(37-20-22-12-14-23(15-13-22)30(3,4)5)27(32-25)18-26-21(2)19-35(33-26)24-10-8-7-9-11-24/h7-17,19H,6,18,20H2,1-5H3,(H2,31,34). The third-order valence-corrected chi connectivity index (χ3v) is 7.22. The quantitative estimate of drug-likeness (QED) is 0.121. The van der Waals surface area contributed by atoms with Crippen molar-refractivity contribution in [2.75, 3.05) is 6.61 Å². The molecule has 2 aromatic heterocycles. The topological polar surface area (TPSA) is 78.3 Å². The van der Waals surface area contributed by atoms with Crippen molar-refractivity contribution < 1.29 is 4.84 Å². The van der Waals surface area contributed by atoms with Crippen LogP contribution in [-0.2, 0) is 22.4 Å². The van der Waals surface area contributed by atoms with Gasteiger partial charge in [-0.3, -0.25) is 0 Å². The zero-order valence-corrected chi connectivity index (χ0v) is 23.0. The number of benzene rings is 2. The molecule has 0 amide bonds. The normalized spacial score (nSPS) is 12.1. The van der Waals surface area contributed by atoms with Crippen molar-refractivity contribution in [3.8, 4) is 5.69 Å². The van der Waals surface area contributed by atoms with Gasteiger partial charge in [-0.1, -0.05) is 68.4 Å². The number of nitrogens with two attached hydrogens (primary N) is 1. The summed E-state index contributed by atoms with van der Waals surface area (Å²) in [5, 5.41) is 8.85. The minimum atomic E-state index is 0.141. The molecule has 0 aliphatic heterocycles. The number of aryl methyl sites for hydroxylation is 1. The van der Waals surface area contributed by atoms with Crippen LogP contribution in [0.4, 0.5) is 0 Å². The first-order valence-corrected chi connectivity index (χ1v) is 13.5. The lowest BCUT2D eigenvalue weighted by Gasteiger charge is -2.19. The van der Waals surface area contributed by atoms with Gasteiger partial charge in [-0.05, 0) is 60.2 Å². The summed E-state index contributed by atoms with van der Waals surface area (Å²) in [6.45, 7) is 11.1. The van der Waals surface area contributed by atoms with Crippen LogP contribution in [0.1, 0.15) is 61.5 Å². The van der Waals surface area contributed by atoms with E-state index in [2.05, 4.69) is 69.4 Å². The van der Waals surface area contributed by atoms with Crippen molar-refractivity contribution in [1.29, 1.82) is 0 Å². The lowest BCUT2D eigenvalue weighted by atomic mass is 9.87. The number of hydrogen-bond acceptors (Lipinski definition) is 5. The molecule has 0 atom stereocenters. The number of nitrogens with zero attached hydrogens (tertiary/aromatic N) is 4. The number of rotatable bonds is 9. The third-order valence-electron chi connectivity index (χ3n) is 6.06. The van der Waals surface area contributed by atoms with Crippen LogP contribution in [-0.4, -0.2) is 27.2 Å². The van der Waals surface area contributed by atoms with Gasteiger partial charge in [0.2, 0.25) is 0 Å². The Morgan fingerprint density at radius 3 is 2.41 bits per heavy atom. The molecule has 2 heterocycles. The summed E-state index contributed by atoms with van der Waals surface area (Å²) >= 11 is 1.77. The van der Waals surface area contributed by atoms with E-state index in [9.17, 15) is 0 Å². The number of aromatic nitrogens is 3. The number of para-hydroxylation sites is 1. The molecule has 0 aliphatic carbocycles. The average Bonchev–Trinajstić information content (AvgIpc) is 3.26. The fourth-order valence-electron chi connectivity index (χ4n) is 3.87. The Morgan fingerprint density at radius 1 is 1.00 bits per heavy atom. The van der Waals surface area contributed by atoms with Gasteiger partial charge < -0.3 is 10.6 Å². The zero-order valence-electron chi connectivity index (χ0n) is 22.2. The lowest BCUT2D eigenvalue weighted by Crippen LogP contribution is -2.17. The summed E-state index contributed by atoms with van der Waals surface area (Å²) in [6, 6.07) is 23.0. The van der Waals surface area contributed by atoms with Crippen LogP contribution in [0, 0.1) is 6.92 Å². The second-order valence-electron chi connectivity index (χ2n) is 9.99. The van der Waals surface area contributed by atoms with Crippen molar-refractivity contribution in [3.63, 3.8) is 0 Å². The van der Waals surface area contributed by atoms with Crippen LogP contribution in [0.15, 0.2) is 83.0 Å². The SMILES string of the molecule is CCO/N=C(\N)c1ccc(SCc2ccc(C(C)(C)C)cc2)c(Cc2nn(-c3ccccc3)cc2C)n1. The first-order valence-electron chi connectivity index (χ1n) is 12.5. The van der Waals surface area contributed by atoms with Crippen LogP contribution in [0.3, 0.4) is 0 Å². The molecule has 0 saturated heterocycles. The average molecular weight is 514 g/mol. The third kappa shape index (κ3) is 6.80. The highest BCUT2D eigenvalue weighted by Crippen LogP contribution is 2.29. The van der Waals surface area contributed by atoms with Gasteiger partial charge in [-0.2, -0.15) is 5.10 Å². The van der Waals surface area contributed by atoms with Gasteiger partial charge in [-0.15, -0.1) is 11.8 Å². The predicted octanol–water partition coefficient (Wildman–Crippen LogP) is 6.41. The summed E-state index contributed by atoms with van der Waals surface area (Å²) in [7, 11) is 0. The van der Waals surface area contributed by atoms with Gasteiger partial charge in [0.25, 0.3) is 0 Å². The maximum Gasteiger partial charge on any atom is 0.188 e. The van der Waals surface area contributed by atoms with E-state index in [4.69, 9.17) is 20.7 Å². The molecule has 6 nitrogen and oxygen atoms in total. The van der Waals surface area contributed by atoms with Crippen molar-refractivity contribution >= 4 is 17.6 Å². The van der Waals surface area contributed by atoms with Gasteiger partial charge in [0.1, 0.15) is 12.3 Å². The van der Waals surface area contributed by atoms with Gasteiger partial charge in [-0.25, -0.2) is 9.67 Å². The van der Waals surface area contributed by atoms with Crippen LogP contribution >= 0.6 is 11.8 Å². The largest absolute Gasteiger partial charge is 0.394 e. The van der Waals surface area contributed by atoms with Gasteiger partial charge in [0.05, 0.1) is 17.1 Å². The summed E-state index contributed by atoms with van der Waals surface area (Å²) < 4.78 is 1.92. The molecule has 0 fully saturated rings. The Hall–Kier alpha value is -3.58. The second kappa shape index (κ2) is 11.6. The molecule has 192 valence electrons. The fourth-order valence-corrected chi connectivity index (χ4v) is 4.84. The minimum absolute atomic E-state index is 0.141. The summed E-state index contributed by atoms with van der Waals surface area (Å²) in [6.07, 6.45) is 2.65. The molecule has 2 aromatic carbocycles. The van der Waals surface area contributed by atoms with E-state index in [0.29, 0.717) is 18.7 Å². The first-order chi connectivity index (χ1) is 17.7. The highest BCUT2D eigenvalue weighted by atomic mass is 32.2. The van der Waals surface area contributed by atoms with Crippen molar-refractivity contribution in [2.45, 2.75) is 57.1 Å². The summed E-state index contributed by atoms with van der Waals surface area (Å²) in [4.78, 5) is 11.1. The van der Waals surface area contributed by atoms with E-state index in [-0.39, 0.29) is 11.3 Å². The van der Waals surface area contributed by atoms with E-state index in [1.807, 2.05) is 48.0 Å². The molecule has 0 saturated carbocycles. The molecule has 4 aromatic rings. The Kier molecular flexibility index (Phi) is 8.34. The molecule has 0 unspecified atom stereocenters. The maximum absolute atomic E-state index is 6.15. The first kappa shape index (κ1) is 26.5. The highest BCUT2D eigenvalue weighted by Gasteiger charge is 2.16. The fraction of sp³-hybridized carbons (Fsp3) is 0.300. The zero-order chi connectivity index (χ0) is 26.4. The van der Waals surface area contributed by atoms with E-state index in [0.717, 1.165) is 33.3 Å². The van der Waals surface area contributed by atoms with Crippen molar-refractivity contribution in [1.82, 2.24) is 14.8 Å². The van der Waals surface area contributed by atoms with Gasteiger partial charge in [0, 0.05) is 23.3 Å². The summed E-state index contributed by atoms with van der Waals surface area (Å²) in [5.41, 5.74) is 13.5. The molecule has 0 radical (unpaired) electrons. The Balaban J connectivity index is 1.61. The maximum atomic E-state index is 6.15. The molecule has 37 heavy (non-hydrogen) atoms. The molecule has 2 N–H and O–H groups in total. The smallest absolute Gasteiger partial charge is 0.188 e. The van der Waals surface area contributed by atoms with Crippen LogP contribution in [0.2, 0.25) is 0 Å². The molecular formula is C30H35N5OS. The lowest BCUT2D eigenvalue weighted by molar-refractivity contribution is 0.158. The van der Waals surface area contributed by atoms with Gasteiger partial charge in [0.15, 0.2) is 5.84 Å². The minimum Gasteiger partial charge on any atom is -0.394 e. The predicted molar refractivity (Wildman–Crippen MR) is 152 cm³/mol. The van der Waals surface area contributed by atoms with E-state index in [1.54, 1.807) is 11.8 Å². The Bertz CT molecular complexity index is 1360. The number of pyridine rings is 1. The van der Waals surface area contributed by atoms with Crippen LogP contribution < -0.4 is 5.73 Å². The number of hydrogen-bond donors (Lipinski definition) is 1. The second-order valence-corrected chi connectivity index (χ2v) is 11.0. The molecule has 0 spiro atoms. The Morgan fingerprint density at radius 2 is 1.73 bits per heavy atom. The van der Waals surface area contributed by atoms with Crippen molar-refractivity contribution in [3.05, 3.63) is 107 Å². The van der Waals surface area contributed by atoms with E-state index < -0.39 is 0 Å². The molecule has 4 rings (SSSR count).